The van der Waals surface area contributed by atoms with Crippen molar-refractivity contribution in [2.45, 2.75) is 20.8 Å². The quantitative estimate of drug-likeness (QED) is 0.731. The second-order valence-electron chi connectivity index (χ2n) is 7.45. The Labute approximate surface area is 167 Å². The van der Waals surface area contributed by atoms with Crippen molar-refractivity contribution in [3.63, 3.8) is 0 Å². The number of hydrogen-bond acceptors (Lipinski definition) is 5. The monoisotopic (exact) mass is 373 g/mol. The molecule has 0 amide bonds. The summed E-state index contributed by atoms with van der Waals surface area (Å²) >= 11 is 0. The van der Waals surface area contributed by atoms with Crippen LogP contribution in [0.3, 0.4) is 0 Å². The molecule has 1 N–H and O–H groups in total. The van der Waals surface area contributed by atoms with Crippen molar-refractivity contribution in [2.75, 3.05) is 41.3 Å². The number of benzene rings is 2. The van der Waals surface area contributed by atoms with Crippen LogP contribution in [0.2, 0.25) is 0 Å². The highest BCUT2D eigenvalue weighted by Gasteiger charge is 2.19. The average molecular weight is 374 g/mol. The van der Waals surface area contributed by atoms with Gasteiger partial charge in [-0.05, 0) is 55.7 Å². The second kappa shape index (κ2) is 7.89. The first-order valence-corrected chi connectivity index (χ1v) is 9.83. The predicted molar refractivity (Wildman–Crippen MR) is 117 cm³/mol. The molecular formula is C23H27N5. The van der Waals surface area contributed by atoms with Crippen LogP contribution in [-0.2, 0) is 0 Å². The molecule has 144 valence electrons. The van der Waals surface area contributed by atoms with Crippen molar-refractivity contribution in [1.82, 2.24) is 9.97 Å². The Hall–Kier alpha value is -3.08. The Morgan fingerprint density at radius 1 is 0.821 bits per heavy atom. The maximum absolute atomic E-state index is 4.77. The number of hydrogen-bond donors (Lipinski definition) is 1. The van der Waals surface area contributed by atoms with E-state index in [0.717, 1.165) is 43.6 Å². The molecule has 1 aliphatic rings. The van der Waals surface area contributed by atoms with Gasteiger partial charge in [0.05, 0.1) is 0 Å². The SMILES string of the molecule is Cc1cccc(N2CCN(c3nccc(Nc4c(C)cccc4C)n3)CC2)c1. The summed E-state index contributed by atoms with van der Waals surface area (Å²) in [6.45, 7) is 10.1. The first-order chi connectivity index (χ1) is 13.6. The van der Waals surface area contributed by atoms with E-state index in [9.17, 15) is 0 Å². The Morgan fingerprint density at radius 3 is 2.21 bits per heavy atom. The highest BCUT2D eigenvalue weighted by atomic mass is 15.3. The Bertz CT molecular complexity index is 940. The number of anilines is 4. The van der Waals surface area contributed by atoms with E-state index in [1.165, 1.54) is 22.4 Å². The van der Waals surface area contributed by atoms with Gasteiger partial charge in [-0.3, -0.25) is 0 Å². The molecule has 5 nitrogen and oxygen atoms in total. The van der Waals surface area contributed by atoms with Gasteiger partial charge in [0.15, 0.2) is 0 Å². The van der Waals surface area contributed by atoms with Crippen molar-refractivity contribution in [2.24, 2.45) is 0 Å². The fourth-order valence-electron chi connectivity index (χ4n) is 3.70. The molecule has 1 saturated heterocycles. The van der Waals surface area contributed by atoms with E-state index in [-0.39, 0.29) is 0 Å². The number of para-hydroxylation sites is 1. The van der Waals surface area contributed by atoms with Gasteiger partial charge in [0.1, 0.15) is 5.82 Å². The van der Waals surface area contributed by atoms with Gasteiger partial charge in [-0.15, -0.1) is 0 Å². The summed E-state index contributed by atoms with van der Waals surface area (Å²) in [4.78, 5) is 14.0. The van der Waals surface area contributed by atoms with Gasteiger partial charge >= 0.3 is 0 Å². The topological polar surface area (TPSA) is 44.3 Å². The van der Waals surface area contributed by atoms with Crippen molar-refractivity contribution in [3.8, 4) is 0 Å². The maximum Gasteiger partial charge on any atom is 0.227 e. The van der Waals surface area contributed by atoms with Gasteiger partial charge in [0.2, 0.25) is 5.95 Å². The first kappa shape index (κ1) is 18.3. The minimum Gasteiger partial charge on any atom is -0.368 e. The number of nitrogens with zero attached hydrogens (tertiary/aromatic N) is 4. The van der Waals surface area contributed by atoms with Gasteiger partial charge in [-0.25, -0.2) is 4.98 Å². The van der Waals surface area contributed by atoms with Crippen molar-refractivity contribution in [1.29, 1.82) is 0 Å². The third-order valence-corrected chi connectivity index (χ3v) is 5.31. The molecule has 0 spiro atoms. The summed E-state index contributed by atoms with van der Waals surface area (Å²) in [5.41, 5.74) is 6.15. The van der Waals surface area contributed by atoms with Crippen molar-refractivity contribution in [3.05, 3.63) is 71.4 Å². The van der Waals surface area contributed by atoms with Crippen LogP contribution < -0.4 is 15.1 Å². The maximum atomic E-state index is 4.77. The lowest BCUT2D eigenvalue weighted by atomic mass is 10.1. The van der Waals surface area contributed by atoms with E-state index in [1.54, 1.807) is 0 Å². The van der Waals surface area contributed by atoms with Gasteiger partial charge in [0.25, 0.3) is 0 Å². The summed E-state index contributed by atoms with van der Waals surface area (Å²) in [6.07, 6.45) is 1.84. The largest absolute Gasteiger partial charge is 0.368 e. The highest BCUT2D eigenvalue weighted by molar-refractivity contribution is 5.64. The molecule has 0 atom stereocenters. The molecule has 0 aliphatic carbocycles. The number of aryl methyl sites for hydroxylation is 3. The molecule has 5 heteroatoms. The van der Waals surface area contributed by atoms with Crippen molar-refractivity contribution < 1.29 is 0 Å². The summed E-state index contributed by atoms with van der Waals surface area (Å²) in [5.74, 6) is 1.63. The average Bonchev–Trinajstić information content (AvgIpc) is 2.71. The summed E-state index contributed by atoms with van der Waals surface area (Å²) < 4.78 is 0. The van der Waals surface area contributed by atoms with Crippen molar-refractivity contribution >= 4 is 23.1 Å². The van der Waals surface area contributed by atoms with E-state index >= 15 is 0 Å². The smallest absolute Gasteiger partial charge is 0.227 e. The zero-order valence-corrected chi connectivity index (χ0v) is 16.8. The third-order valence-electron chi connectivity index (χ3n) is 5.31. The van der Waals surface area contributed by atoms with Crippen LogP contribution in [0, 0.1) is 20.8 Å². The van der Waals surface area contributed by atoms with E-state index in [4.69, 9.17) is 4.98 Å². The fraction of sp³-hybridized carbons (Fsp3) is 0.304. The molecule has 0 unspecified atom stereocenters. The minimum absolute atomic E-state index is 0.792. The number of piperazine rings is 1. The zero-order chi connectivity index (χ0) is 19.5. The molecule has 0 saturated carbocycles. The second-order valence-corrected chi connectivity index (χ2v) is 7.45. The van der Waals surface area contributed by atoms with Crippen LogP contribution in [0.5, 0.6) is 0 Å². The zero-order valence-electron chi connectivity index (χ0n) is 16.8. The van der Waals surface area contributed by atoms with Gasteiger partial charge < -0.3 is 15.1 Å². The number of aromatic nitrogens is 2. The number of nitrogens with one attached hydrogen (secondary N) is 1. The molecule has 28 heavy (non-hydrogen) atoms. The van der Waals surface area contributed by atoms with Crippen LogP contribution in [0.1, 0.15) is 16.7 Å². The van der Waals surface area contributed by atoms with Crippen LogP contribution in [0.4, 0.5) is 23.1 Å². The van der Waals surface area contributed by atoms with E-state index in [2.05, 4.69) is 83.3 Å². The summed E-state index contributed by atoms with van der Waals surface area (Å²) in [6, 6.07) is 16.9. The molecule has 1 aromatic heterocycles. The molecule has 1 aliphatic heterocycles. The fourth-order valence-corrected chi connectivity index (χ4v) is 3.70. The van der Waals surface area contributed by atoms with Gasteiger partial charge in [-0.2, -0.15) is 4.98 Å². The van der Waals surface area contributed by atoms with Gasteiger partial charge in [0, 0.05) is 43.8 Å². The molecule has 0 bridgehead atoms. The lowest BCUT2D eigenvalue weighted by molar-refractivity contribution is 0.640. The van der Waals surface area contributed by atoms with Crippen LogP contribution >= 0.6 is 0 Å². The van der Waals surface area contributed by atoms with E-state index in [0.29, 0.717) is 0 Å². The standard InChI is InChI=1S/C23H27N5/c1-17-6-4-9-20(16-17)27-12-14-28(15-13-27)23-24-11-10-21(26-23)25-22-18(2)7-5-8-19(22)3/h4-11,16H,12-15H2,1-3H3,(H,24,25,26). The Kier molecular flexibility index (Phi) is 5.15. The molecule has 2 heterocycles. The molecule has 0 radical (unpaired) electrons. The van der Waals surface area contributed by atoms with E-state index in [1.807, 2.05) is 12.3 Å². The molecule has 3 aromatic rings. The molecular weight excluding hydrogens is 346 g/mol. The minimum atomic E-state index is 0.792. The van der Waals surface area contributed by atoms with Crippen LogP contribution in [-0.4, -0.2) is 36.1 Å². The Morgan fingerprint density at radius 2 is 1.50 bits per heavy atom. The van der Waals surface area contributed by atoms with Gasteiger partial charge in [-0.1, -0.05) is 30.3 Å². The predicted octanol–water partition coefficient (Wildman–Crippen LogP) is 4.47. The summed E-state index contributed by atoms with van der Waals surface area (Å²) in [7, 11) is 0. The van der Waals surface area contributed by atoms with E-state index < -0.39 is 0 Å². The Balaban J connectivity index is 1.45. The molecule has 2 aromatic carbocycles. The number of rotatable bonds is 4. The summed E-state index contributed by atoms with van der Waals surface area (Å²) in [5, 5.41) is 3.47. The molecule has 1 fully saturated rings. The van der Waals surface area contributed by atoms with Crippen LogP contribution in [0.15, 0.2) is 54.7 Å². The normalized spacial score (nSPS) is 14.2. The first-order valence-electron chi connectivity index (χ1n) is 9.83. The lowest BCUT2D eigenvalue weighted by Crippen LogP contribution is -2.47. The third kappa shape index (κ3) is 3.93. The highest BCUT2D eigenvalue weighted by Crippen LogP contribution is 2.25. The van der Waals surface area contributed by atoms with Crippen LogP contribution in [0.25, 0.3) is 0 Å². The molecule has 4 rings (SSSR count). The lowest BCUT2D eigenvalue weighted by Gasteiger charge is -2.36.